The molecule has 0 aliphatic rings. The van der Waals surface area contributed by atoms with Crippen LogP contribution < -0.4 is 0 Å². The molecule has 0 saturated carbocycles. The number of nitrogens with zero attached hydrogens (tertiary/aromatic N) is 4. The van der Waals surface area contributed by atoms with E-state index in [0.29, 0.717) is 16.2 Å². The minimum Gasteiger partial charge on any atom is -0.258 e. The molecule has 1 aromatic carbocycles. The van der Waals surface area contributed by atoms with Gasteiger partial charge in [-0.2, -0.15) is 14.9 Å². The first-order valence-electron chi connectivity index (χ1n) is 6.82. The summed E-state index contributed by atoms with van der Waals surface area (Å²) in [5, 5.41) is 24.0. The van der Waals surface area contributed by atoms with E-state index in [1.54, 1.807) is 30.4 Å². The molecule has 120 valence electrons. The highest BCUT2D eigenvalue weighted by molar-refractivity contribution is 7.71. The number of allylic oxidation sites excluding steroid dienone is 1. The first-order valence-corrected chi connectivity index (χ1v) is 8.11. The predicted octanol–water partition coefficient (Wildman–Crippen LogP) is 4.12. The lowest BCUT2D eigenvalue weighted by molar-refractivity contribution is -0.385. The molecule has 9 heteroatoms. The first-order chi connectivity index (χ1) is 11.7. The second kappa shape index (κ2) is 7.11. The Morgan fingerprint density at radius 3 is 2.92 bits per heavy atom. The van der Waals surface area contributed by atoms with Gasteiger partial charge < -0.3 is 0 Å². The van der Waals surface area contributed by atoms with Crippen molar-refractivity contribution in [2.45, 2.75) is 0 Å². The smallest absolute Gasteiger partial charge is 0.258 e. The van der Waals surface area contributed by atoms with Gasteiger partial charge in [0.05, 0.1) is 15.4 Å². The van der Waals surface area contributed by atoms with E-state index in [1.165, 1.54) is 28.3 Å². The lowest BCUT2D eigenvalue weighted by Crippen LogP contribution is -1.92. The molecule has 2 heterocycles. The van der Waals surface area contributed by atoms with Crippen LogP contribution in [0.1, 0.15) is 5.56 Å². The molecule has 3 rings (SSSR count). The van der Waals surface area contributed by atoms with Gasteiger partial charge in [0.15, 0.2) is 5.82 Å². The van der Waals surface area contributed by atoms with Crippen molar-refractivity contribution in [1.82, 2.24) is 14.9 Å². The van der Waals surface area contributed by atoms with Crippen LogP contribution in [-0.4, -0.2) is 26.0 Å². The third-order valence-electron chi connectivity index (χ3n) is 3.07. The van der Waals surface area contributed by atoms with E-state index in [1.807, 2.05) is 17.5 Å². The van der Waals surface area contributed by atoms with Gasteiger partial charge >= 0.3 is 0 Å². The van der Waals surface area contributed by atoms with Crippen LogP contribution in [0.15, 0.2) is 53.0 Å². The Hall–Kier alpha value is -2.91. The Balaban J connectivity index is 1.85. The van der Waals surface area contributed by atoms with Crippen molar-refractivity contribution in [3.8, 4) is 10.7 Å². The fraction of sp³-hybridized carbons (Fsp3) is 0. The number of H-pyrrole nitrogens is 1. The quantitative estimate of drug-likeness (QED) is 0.322. The van der Waals surface area contributed by atoms with Crippen molar-refractivity contribution in [3.05, 3.63) is 68.3 Å². The summed E-state index contributed by atoms with van der Waals surface area (Å²) in [7, 11) is 0. The molecular weight excluding hydrogens is 346 g/mol. The summed E-state index contributed by atoms with van der Waals surface area (Å²) < 4.78 is 1.87. The lowest BCUT2D eigenvalue weighted by Gasteiger charge is -1.96. The molecule has 0 bridgehead atoms. The number of aromatic nitrogens is 3. The molecule has 0 amide bonds. The zero-order valence-electron chi connectivity index (χ0n) is 12.2. The Labute approximate surface area is 145 Å². The van der Waals surface area contributed by atoms with Crippen molar-refractivity contribution in [3.63, 3.8) is 0 Å². The fourth-order valence-corrected chi connectivity index (χ4v) is 2.89. The Bertz CT molecular complexity index is 970. The number of nitro groups is 1. The van der Waals surface area contributed by atoms with Crippen LogP contribution in [0.25, 0.3) is 16.8 Å². The largest absolute Gasteiger partial charge is 0.276 e. The van der Waals surface area contributed by atoms with E-state index in [0.717, 1.165) is 4.88 Å². The highest BCUT2D eigenvalue weighted by Gasteiger charge is 2.09. The number of thiophene rings is 1. The standard InChI is InChI=1S/C15H11N5O2S2/c21-20(22)12-7-2-1-5-11(12)6-3-9-16-19-14(17-18-15(19)23)13-8-4-10-24-13/h1-10H,(H,18,23)/b6-3+,16-9-. The molecule has 0 unspecified atom stereocenters. The molecule has 0 radical (unpaired) electrons. The van der Waals surface area contributed by atoms with E-state index >= 15 is 0 Å². The van der Waals surface area contributed by atoms with E-state index < -0.39 is 4.92 Å². The van der Waals surface area contributed by atoms with E-state index in [-0.39, 0.29) is 5.69 Å². The fourth-order valence-electron chi connectivity index (χ4n) is 2.01. The summed E-state index contributed by atoms with van der Waals surface area (Å²) in [6.45, 7) is 0. The van der Waals surface area contributed by atoms with E-state index in [4.69, 9.17) is 12.2 Å². The molecule has 0 saturated heterocycles. The zero-order valence-corrected chi connectivity index (χ0v) is 13.8. The van der Waals surface area contributed by atoms with E-state index in [9.17, 15) is 10.1 Å². The van der Waals surface area contributed by atoms with Crippen molar-refractivity contribution >= 4 is 41.5 Å². The van der Waals surface area contributed by atoms with Crippen LogP contribution in [-0.2, 0) is 0 Å². The van der Waals surface area contributed by atoms with Crippen LogP contribution in [0.5, 0.6) is 0 Å². The number of hydrogen-bond donors (Lipinski definition) is 1. The molecule has 3 aromatic rings. The van der Waals surface area contributed by atoms with Gasteiger partial charge in [0.1, 0.15) is 0 Å². The van der Waals surface area contributed by atoms with Gasteiger partial charge in [-0.05, 0) is 41.9 Å². The average Bonchev–Trinajstić information content (AvgIpc) is 3.22. The SMILES string of the molecule is O=[N+]([O-])c1ccccc1/C=C/C=N\n1c(-c2cccs2)n[nH]c1=S. The Morgan fingerprint density at radius 1 is 1.33 bits per heavy atom. The topological polar surface area (TPSA) is 89.1 Å². The predicted molar refractivity (Wildman–Crippen MR) is 96.7 cm³/mol. The first kappa shape index (κ1) is 16.0. The zero-order chi connectivity index (χ0) is 16.9. The summed E-state index contributed by atoms with van der Waals surface area (Å²) >= 11 is 6.70. The average molecular weight is 357 g/mol. The summed E-state index contributed by atoms with van der Waals surface area (Å²) in [5.74, 6) is 0.616. The maximum atomic E-state index is 11.0. The number of hydrogen-bond acceptors (Lipinski definition) is 6. The van der Waals surface area contributed by atoms with Crippen LogP contribution in [0, 0.1) is 14.9 Å². The summed E-state index contributed by atoms with van der Waals surface area (Å²) in [6, 6.07) is 10.3. The number of aromatic amines is 1. The lowest BCUT2D eigenvalue weighted by atomic mass is 10.2. The summed E-state index contributed by atoms with van der Waals surface area (Å²) in [6.07, 6.45) is 4.75. The number of para-hydroxylation sites is 1. The van der Waals surface area contributed by atoms with Gasteiger partial charge in [0.25, 0.3) is 5.69 Å². The number of rotatable bonds is 5. The Morgan fingerprint density at radius 2 is 2.17 bits per heavy atom. The highest BCUT2D eigenvalue weighted by Crippen LogP contribution is 2.22. The number of nitrogens with one attached hydrogen (secondary N) is 1. The van der Waals surface area contributed by atoms with E-state index in [2.05, 4.69) is 15.3 Å². The van der Waals surface area contributed by atoms with Gasteiger partial charge in [-0.1, -0.05) is 18.2 Å². The van der Waals surface area contributed by atoms with Crippen LogP contribution in [0.3, 0.4) is 0 Å². The Kier molecular flexibility index (Phi) is 4.73. The monoisotopic (exact) mass is 357 g/mol. The molecule has 0 spiro atoms. The van der Waals surface area contributed by atoms with Crippen LogP contribution in [0.4, 0.5) is 5.69 Å². The van der Waals surface area contributed by atoms with Gasteiger partial charge in [-0.15, -0.1) is 11.3 Å². The third kappa shape index (κ3) is 3.36. The minimum absolute atomic E-state index is 0.0429. The van der Waals surface area contributed by atoms with Gasteiger partial charge in [0, 0.05) is 12.3 Å². The second-order valence-electron chi connectivity index (χ2n) is 4.58. The minimum atomic E-state index is -0.419. The summed E-state index contributed by atoms with van der Waals surface area (Å²) in [4.78, 5) is 11.5. The highest BCUT2D eigenvalue weighted by atomic mass is 32.1. The van der Waals surface area contributed by atoms with Crippen LogP contribution >= 0.6 is 23.6 Å². The molecule has 1 N–H and O–H groups in total. The van der Waals surface area contributed by atoms with Crippen molar-refractivity contribution in [2.24, 2.45) is 5.10 Å². The van der Waals surface area contributed by atoms with Crippen molar-refractivity contribution in [1.29, 1.82) is 0 Å². The molecule has 0 aliphatic carbocycles. The summed E-state index contributed by atoms with van der Waals surface area (Å²) in [5.41, 5.74) is 0.546. The van der Waals surface area contributed by atoms with Crippen molar-refractivity contribution in [2.75, 3.05) is 0 Å². The molecule has 0 fully saturated rings. The molecule has 0 atom stereocenters. The van der Waals surface area contributed by atoms with Crippen molar-refractivity contribution < 1.29 is 4.92 Å². The molecule has 7 nitrogen and oxygen atoms in total. The van der Waals surface area contributed by atoms with Crippen LogP contribution in [0.2, 0.25) is 0 Å². The normalized spacial score (nSPS) is 11.5. The van der Waals surface area contributed by atoms with Gasteiger partial charge in [0.2, 0.25) is 4.77 Å². The molecular formula is C15H11N5O2S2. The molecule has 0 aliphatic heterocycles. The maximum absolute atomic E-state index is 11.0. The second-order valence-corrected chi connectivity index (χ2v) is 5.92. The number of nitro benzene ring substituents is 1. The van der Waals surface area contributed by atoms with Gasteiger partial charge in [-0.25, -0.2) is 5.10 Å². The van der Waals surface area contributed by atoms with Gasteiger partial charge in [-0.3, -0.25) is 10.1 Å². The molecule has 2 aromatic heterocycles. The number of benzene rings is 1. The third-order valence-corrected chi connectivity index (χ3v) is 4.20. The maximum Gasteiger partial charge on any atom is 0.276 e. The molecule has 24 heavy (non-hydrogen) atoms.